The molecule has 0 aliphatic heterocycles. The van der Waals surface area contributed by atoms with Crippen LogP contribution in [0.4, 0.5) is 0 Å². The predicted molar refractivity (Wildman–Crippen MR) is 96.1 cm³/mol. The van der Waals surface area contributed by atoms with Crippen LogP contribution in [0.1, 0.15) is 18.4 Å². The average molecular weight is 356 g/mol. The van der Waals surface area contributed by atoms with Crippen LogP contribution in [0.25, 0.3) is 11.4 Å². The zero-order valence-electron chi connectivity index (χ0n) is 13.8. The second-order valence-electron chi connectivity index (χ2n) is 5.74. The number of nitrogens with one attached hydrogen (secondary N) is 1. The molecular weight excluding hydrogens is 338 g/mol. The van der Waals surface area contributed by atoms with Crippen molar-refractivity contribution in [3.05, 3.63) is 65.2 Å². The van der Waals surface area contributed by atoms with Crippen molar-refractivity contribution in [1.29, 1.82) is 0 Å². The number of aromatic nitrogens is 4. The van der Waals surface area contributed by atoms with Gasteiger partial charge in [0.1, 0.15) is 6.54 Å². The maximum Gasteiger partial charge on any atom is 0.243 e. The molecule has 0 aliphatic carbocycles. The van der Waals surface area contributed by atoms with Gasteiger partial charge in [0, 0.05) is 12.1 Å². The number of hydrogen-bond acceptors (Lipinski definition) is 4. The van der Waals surface area contributed by atoms with Crippen molar-refractivity contribution < 1.29 is 4.79 Å². The zero-order valence-corrected chi connectivity index (χ0v) is 14.5. The van der Waals surface area contributed by atoms with E-state index >= 15 is 0 Å². The molecule has 7 heteroatoms. The third-order valence-electron chi connectivity index (χ3n) is 3.83. The van der Waals surface area contributed by atoms with Gasteiger partial charge in [0.2, 0.25) is 11.7 Å². The summed E-state index contributed by atoms with van der Waals surface area (Å²) in [6.07, 6.45) is 0. The Bertz CT molecular complexity index is 849. The van der Waals surface area contributed by atoms with Gasteiger partial charge in [-0.1, -0.05) is 61.0 Å². The number of halogens is 1. The van der Waals surface area contributed by atoms with Gasteiger partial charge in [0.05, 0.1) is 5.02 Å². The van der Waals surface area contributed by atoms with E-state index in [2.05, 4.69) is 27.7 Å². The number of tetrazole rings is 1. The second-order valence-corrected chi connectivity index (χ2v) is 6.15. The number of nitrogens with zero attached hydrogens (tertiary/aromatic N) is 4. The third kappa shape index (κ3) is 4.42. The van der Waals surface area contributed by atoms with Gasteiger partial charge in [-0.25, -0.2) is 0 Å². The molecule has 1 aromatic heterocycles. The second kappa shape index (κ2) is 7.90. The van der Waals surface area contributed by atoms with Crippen molar-refractivity contribution in [1.82, 2.24) is 25.5 Å². The van der Waals surface area contributed by atoms with E-state index in [4.69, 9.17) is 11.6 Å². The van der Waals surface area contributed by atoms with Gasteiger partial charge in [0.15, 0.2) is 0 Å². The average Bonchev–Trinajstić information content (AvgIpc) is 3.09. The van der Waals surface area contributed by atoms with Gasteiger partial charge in [-0.15, -0.1) is 10.2 Å². The minimum absolute atomic E-state index is 0.0129. The van der Waals surface area contributed by atoms with Gasteiger partial charge in [-0.05, 0) is 28.8 Å². The molecule has 1 N–H and O–H groups in total. The molecule has 0 aliphatic rings. The normalized spacial score (nSPS) is 11.9. The Kier molecular flexibility index (Phi) is 5.40. The van der Waals surface area contributed by atoms with Crippen LogP contribution in [0.2, 0.25) is 5.02 Å². The summed E-state index contributed by atoms with van der Waals surface area (Å²) < 4.78 is 0. The fourth-order valence-corrected chi connectivity index (χ4v) is 2.63. The highest BCUT2D eigenvalue weighted by Crippen LogP contribution is 2.23. The number of hydrogen-bond donors (Lipinski definition) is 1. The van der Waals surface area contributed by atoms with E-state index in [1.54, 1.807) is 6.07 Å². The molecule has 0 saturated carbocycles. The number of rotatable bonds is 6. The first-order valence-corrected chi connectivity index (χ1v) is 8.35. The molecule has 6 nitrogen and oxygen atoms in total. The van der Waals surface area contributed by atoms with Crippen molar-refractivity contribution in [2.75, 3.05) is 6.54 Å². The Labute approximate surface area is 150 Å². The van der Waals surface area contributed by atoms with Crippen molar-refractivity contribution in [2.24, 2.45) is 0 Å². The van der Waals surface area contributed by atoms with Crippen LogP contribution >= 0.6 is 11.6 Å². The van der Waals surface area contributed by atoms with Crippen LogP contribution in [0.15, 0.2) is 54.6 Å². The summed E-state index contributed by atoms with van der Waals surface area (Å²) in [4.78, 5) is 13.4. The highest BCUT2D eigenvalue weighted by Gasteiger charge is 2.12. The molecule has 0 fully saturated rings. The van der Waals surface area contributed by atoms with Crippen LogP contribution in [0, 0.1) is 0 Å². The first-order valence-electron chi connectivity index (χ1n) is 7.98. The predicted octanol–water partition coefficient (Wildman–Crippen LogP) is 2.91. The zero-order chi connectivity index (χ0) is 17.6. The van der Waals surface area contributed by atoms with E-state index in [1.807, 2.05) is 48.5 Å². The highest BCUT2D eigenvalue weighted by molar-refractivity contribution is 6.33. The Hall–Kier alpha value is -2.73. The van der Waals surface area contributed by atoms with E-state index in [9.17, 15) is 4.79 Å². The Morgan fingerprint density at radius 1 is 1.16 bits per heavy atom. The molecule has 1 heterocycles. The first-order chi connectivity index (χ1) is 12.1. The van der Waals surface area contributed by atoms with Gasteiger partial charge in [-0.3, -0.25) is 4.79 Å². The van der Waals surface area contributed by atoms with Gasteiger partial charge < -0.3 is 5.32 Å². The van der Waals surface area contributed by atoms with Crippen LogP contribution in [-0.4, -0.2) is 32.7 Å². The molecule has 1 amide bonds. The van der Waals surface area contributed by atoms with E-state index < -0.39 is 0 Å². The van der Waals surface area contributed by atoms with Crippen LogP contribution < -0.4 is 5.32 Å². The molecule has 0 bridgehead atoms. The van der Waals surface area contributed by atoms with E-state index in [1.165, 1.54) is 10.4 Å². The van der Waals surface area contributed by atoms with Crippen molar-refractivity contribution in [2.45, 2.75) is 19.4 Å². The Morgan fingerprint density at radius 2 is 1.88 bits per heavy atom. The minimum atomic E-state index is -0.161. The van der Waals surface area contributed by atoms with Gasteiger partial charge >= 0.3 is 0 Å². The molecule has 3 rings (SSSR count). The molecule has 0 radical (unpaired) electrons. The van der Waals surface area contributed by atoms with Crippen LogP contribution in [0.5, 0.6) is 0 Å². The smallest absolute Gasteiger partial charge is 0.243 e. The molecular formula is C18H18ClN5O. The summed E-state index contributed by atoms with van der Waals surface area (Å²) in [6.45, 7) is 2.63. The highest BCUT2D eigenvalue weighted by atomic mass is 35.5. The summed E-state index contributed by atoms with van der Waals surface area (Å²) in [7, 11) is 0. The van der Waals surface area contributed by atoms with Crippen molar-refractivity contribution >= 4 is 17.5 Å². The largest absolute Gasteiger partial charge is 0.354 e. The quantitative estimate of drug-likeness (QED) is 0.738. The van der Waals surface area contributed by atoms with E-state index in [0.29, 0.717) is 23.0 Å². The van der Waals surface area contributed by atoms with Gasteiger partial charge in [0.25, 0.3) is 0 Å². The SMILES string of the molecule is CC(CNC(=O)Cn1nnc(-c2ccccc2Cl)n1)c1ccccc1. The lowest BCUT2D eigenvalue weighted by molar-refractivity contribution is -0.122. The molecule has 0 spiro atoms. The summed E-state index contributed by atoms with van der Waals surface area (Å²) in [5.41, 5.74) is 1.87. The summed E-state index contributed by atoms with van der Waals surface area (Å²) in [5, 5.41) is 15.5. The Balaban J connectivity index is 1.56. The number of benzene rings is 2. The van der Waals surface area contributed by atoms with Crippen LogP contribution in [-0.2, 0) is 11.3 Å². The lowest BCUT2D eigenvalue weighted by Gasteiger charge is -2.12. The Morgan fingerprint density at radius 3 is 2.64 bits per heavy atom. The van der Waals surface area contributed by atoms with Crippen LogP contribution in [0.3, 0.4) is 0 Å². The minimum Gasteiger partial charge on any atom is -0.354 e. The molecule has 128 valence electrons. The maximum absolute atomic E-state index is 12.1. The lowest BCUT2D eigenvalue weighted by Crippen LogP contribution is -2.31. The monoisotopic (exact) mass is 355 g/mol. The molecule has 2 aromatic carbocycles. The molecule has 25 heavy (non-hydrogen) atoms. The van der Waals surface area contributed by atoms with E-state index in [-0.39, 0.29) is 18.4 Å². The first kappa shape index (κ1) is 17.1. The van der Waals surface area contributed by atoms with Gasteiger partial charge in [-0.2, -0.15) is 4.80 Å². The molecule has 1 unspecified atom stereocenters. The summed E-state index contributed by atoms with van der Waals surface area (Å²) >= 11 is 6.12. The maximum atomic E-state index is 12.1. The van der Waals surface area contributed by atoms with E-state index in [0.717, 1.165) is 0 Å². The third-order valence-corrected chi connectivity index (χ3v) is 4.16. The number of amides is 1. The fourth-order valence-electron chi connectivity index (χ4n) is 2.41. The summed E-state index contributed by atoms with van der Waals surface area (Å²) in [5.74, 6) is 0.467. The molecule has 1 atom stereocenters. The standard InChI is InChI=1S/C18H18ClN5O/c1-13(14-7-3-2-4-8-14)11-20-17(25)12-24-22-18(21-23-24)15-9-5-6-10-16(15)19/h2-10,13H,11-12H2,1H3,(H,20,25). The van der Waals surface area contributed by atoms with Crippen molar-refractivity contribution in [3.63, 3.8) is 0 Å². The molecule has 3 aromatic rings. The van der Waals surface area contributed by atoms with Crippen molar-refractivity contribution in [3.8, 4) is 11.4 Å². The number of carbonyl (C=O) groups excluding carboxylic acids is 1. The fraction of sp³-hybridized carbons (Fsp3) is 0.222. The lowest BCUT2D eigenvalue weighted by atomic mass is 10.0. The molecule has 0 saturated heterocycles. The topological polar surface area (TPSA) is 72.7 Å². The number of carbonyl (C=O) groups is 1. The summed E-state index contributed by atoms with van der Waals surface area (Å²) in [6, 6.07) is 17.3.